The van der Waals surface area contributed by atoms with Gasteiger partial charge < -0.3 is 9.80 Å². The van der Waals surface area contributed by atoms with E-state index < -0.39 is 0 Å². The van der Waals surface area contributed by atoms with Crippen LogP contribution in [0, 0.1) is 0 Å². The monoisotopic (exact) mass is 742 g/mol. The standard InChI is InChI=1S/C54H38N4/c1-5-19-37(20-6-1)41-33-42(38-21-7-2-8-22-38)35-43(34-41)57-49-30-16-13-27-44(49)52-45-28-14-17-31-50(45)58(53(52)46-29-15-18-32-51(46)57)54-55-47(39-23-9-3-10-24-39)36-48(56-54)40-25-11-4-12-26-40/h1-36,52-53H. The normalized spacial score (nSPS) is 15.2. The predicted octanol–water partition coefficient (Wildman–Crippen LogP) is 14.0. The smallest absolute Gasteiger partial charge is 0.231 e. The molecule has 2 atom stereocenters. The first-order valence-corrected chi connectivity index (χ1v) is 19.9. The molecule has 0 spiro atoms. The predicted molar refractivity (Wildman–Crippen MR) is 238 cm³/mol. The lowest BCUT2D eigenvalue weighted by Gasteiger charge is -2.31. The minimum atomic E-state index is -0.139. The third kappa shape index (κ3) is 5.77. The van der Waals surface area contributed by atoms with Crippen LogP contribution in [0.25, 0.3) is 44.8 Å². The maximum Gasteiger partial charge on any atom is 0.231 e. The van der Waals surface area contributed by atoms with Crippen LogP contribution in [0.3, 0.4) is 0 Å². The van der Waals surface area contributed by atoms with Crippen molar-refractivity contribution in [2.45, 2.75) is 12.0 Å². The largest absolute Gasteiger partial charge is 0.310 e. The maximum atomic E-state index is 5.43. The lowest BCUT2D eigenvalue weighted by Crippen LogP contribution is -2.25. The number of hydrogen-bond acceptors (Lipinski definition) is 4. The summed E-state index contributed by atoms with van der Waals surface area (Å²) in [5.41, 5.74) is 16.8. The average Bonchev–Trinajstić information content (AvgIpc) is 3.59. The molecular weight excluding hydrogens is 705 g/mol. The highest BCUT2D eigenvalue weighted by Gasteiger charge is 2.47. The van der Waals surface area contributed by atoms with Crippen molar-refractivity contribution >= 4 is 28.7 Å². The van der Waals surface area contributed by atoms with Crippen LogP contribution < -0.4 is 9.80 Å². The van der Waals surface area contributed by atoms with Gasteiger partial charge in [-0.3, -0.25) is 0 Å². The molecule has 0 saturated heterocycles. The number of nitrogens with zero attached hydrogens (tertiary/aromatic N) is 4. The first-order chi connectivity index (χ1) is 28.8. The molecule has 0 fully saturated rings. The van der Waals surface area contributed by atoms with Gasteiger partial charge in [0.05, 0.1) is 28.8 Å². The molecule has 0 amide bonds. The Bertz CT molecular complexity index is 2800. The highest BCUT2D eigenvalue weighted by molar-refractivity contribution is 5.90. The van der Waals surface area contributed by atoms with Gasteiger partial charge in [0.25, 0.3) is 0 Å². The Morgan fingerprint density at radius 3 is 1.24 bits per heavy atom. The molecule has 4 nitrogen and oxygen atoms in total. The lowest BCUT2D eigenvalue weighted by molar-refractivity contribution is 0.654. The minimum absolute atomic E-state index is 0.00592. The summed E-state index contributed by atoms with van der Waals surface area (Å²) in [5.74, 6) is 0.673. The highest BCUT2D eigenvalue weighted by Crippen LogP contribution is 2.61. The molecule has 58 heavy (non-hydrogen) atoms. The minimum Gasteiger partial charge on any atom is -0.310 e. The zero-order chi connectivity index (χ0) is 38.4. The van der Waals surface area contributed by atoms with Gasteiger partial charge in [0.2, 0.25) is 5.95 Å². The lowest BCUT2D eigenvalue weighted by atomic mass is 9.84. The van der Waals surface area contributed by atoms with Crippen LogP contribution in [0.5, 0.6) is 0 Å². The summed E-state index contributed by atoms with van der Waals surface area (Å²) >= 11 is 0. The van der Waals surface area contributed by atoms with Gasteiger partial charge in [0.15, 0.2) is 0 Å². The fourth-order valence-electron chi connectivity index (χ4n) is 9.02. The molecule has 0 saturated carbocycles. The fourth-order valence-corrected chi connectivity index (χ4v) is 9.02. The van der Waals surface area contributed by atoms with Gasteiger partial charge in [-0.05, 0) is 75.8 Å². The Morgan fingerprint density at radius 2 is 0.724 bits per heavy atom. The molecule has 4 heteroatoms. The number of anilines is 5. The van der Waals surface area contributed by atoms with E-state index in [0.717, 1.165) is 45.3 Å². The van der Waals surface area contributed by atoms with Crippen LogP contribution in [0.1, 0.15) is 28.7 Å². The quantitative estimate of drug-likeness (QED) is 0.170. The SMILES string of the molecule is c1ccc(-c2cc(-c3ccccc3)cc(N3c4ccccc4C4c5ccccc5N(c5nc(-c6ccccc6)cc(-c6ccccc6)n5)C4c4ccccc43)c2)cc1. The van der Waals surface area contributed by atoms with Crippen LogP contribution in [-0.4, -0.2) is 9.97 Å². The molecule has 9 aromatic rings. The van der Waals surface area contributed by atoms with Crippen LogP contribution in [0.15, 0.2) is 218 Å². The number of aromatic nitrogens is 2. The summed E-state index contributed by atoms with van der Waals surface area (Å²) in [6.07, 6.45) is 0. The van der Waals surface area contributed by atoms with Crippen LogP contribution in [-0.2, 0) is 0 Å². The van der Waals surface area contributed by atoms with E-state index >= 15 is 0 Å². The second-order valence-electron chi connectivity index (χ2n) is 15.0. The van der Waals surface area contributed by atoms with Crippen molar-refractivity contribution in [3.8, 4) is 44.8 Å². The van der Waals surface area contributed by atoms with Crippen molar-refractivity contribution in [2.75, 3.05) is 9.80 Å². The number of fused-ring (bicyclic) bond motifs is 7. The van der Waals surface area contributed by atoms with Gasteiger partial charge in [-0.1, -0.05) is 176 Å². The fraction of sp³-hybridized carbons (Fsp3) is 0.0370. The van der Waals surface area contributed by atoms with E-state index in [1.54, 1.807) is 0 Å². The van der Waals surface area contributed by atoms with Crippen molar-refractivity contribution in [2.24, 2.45) is 0 Å². The molecule has 0 aliphatic carbocycles. The maximum absolute atomic E-state index is 5.43. The molecule has 274 valence electrons. The third-order valence-corrected chi connectivity index (χ3v) is 11.6. The Balaban J connectivity index is 1.17. The first-order valence-electron chi connectivity index (χ1n) is 19.9. The second-order valence-corrected chi connectivity index (χ2v) is 15.0. The first kappa shape index (κ1) is 33.8. The summed E-state index contributed by atoms with van der Waals surface area (Å²) in [5, 5.41) is 0. The molecular formula is C54H38N4. The van der Waals surface area contributed by atoms with Crippen molar-refractivity contribution in [3.05, 3.63) is 235 Å². The van der Waals surface area contributed by atoms with Gasteiger partial charge in [-0.25, -0.2) is 9.97 Å². The number of rotatable bonds is 6. The van der Waals surface area contributed by atoms with Crippen LogP contribution in [0.4, 0.5) is 28.7 Å². The van der Waals surface area contributed by atoms with Gasteiger partial charge in [0.1, 0.15) is 0 Å². The van der Waals surface area contributed by atoms with Gasteiger partial charge >= 0.3 is 0 Å². The summed E-state index contributed by atoms with van der Waals surface area (Å²) in [6, 6.07) is 78.1. The summed E-state index contributed by atoms with van der Waals surface area (Å²) in [6.45, 7) is 0. The molecule has 2 unspecified atom stereocenters. The molecule has 11 rings (SSSR count). The van der Waals surface area contributed by atoms with Crippen molar-refractivity contribution < 1.29 is 0 Å². The summed E-state index contributed by atoms with van der Waals surface area (Å²) in [7, 11) is 0. The molecule has 2 aliphatic heterocycles. The van der Waals surface area contributed by atoms with E-state index in [0.29, 0.717) is 5.95 Å². The zero-order valence-electron chi connectivity index (χ0n) is 31.7. The molecule has 0 radical (unpaired) electrons. The molecule has 3 heterocycles. The van der Waals surface area contributed by atoms with E-state index in [4.69, 9.17) is 9.97 Å². The van der Waals surface area contributed by atoms with E-state index in [9.17, 15) is 0 Å². The Morgan fingerprint density at radius 1 is 0.328 bits per heavy atom. The van der Waals surface area contributed by atoms with E-state index in [1.165, 1.54) is 38.9 Å². The Labute approximate surface area is 339 Å². The van der Waals surface area contributed by atoms with Gasteiger partial charge in [-0.2, -0.15) is 0 Å². The number of benzene rings is 8. The molecule has 8 aromatic carbocycles. The van der Waals surface area contributed by atoms with Gasteiger partial charge in [0, 0.05) is 34.0 Å². The van der Waals surface area contributed by atoms with Crippen molar-refractivity contribution in [1.82, 2.24) is 9.97 Å². The molecule has 1 aromatic heterocycles. The van der Waals surface area contributed by atoms with E-state index in [2.05, 4.69) is 228 Å². The molecule has 0 N–H and O–H groups in total. The molecule has 2 aliphatic rings. The molecule has 0 bridgehead atoms. The average molecular weight is 743 g/mol. The number of hydrogen-bond donors (Lipinski definition) is 0. The van der Waals surface area contributed by atoms with Crippen LogP contribution >= 0.6 is 0 Å². The van der Waals surface area contributed by atoms with E-state index in [-0.39, 0.29) is 12.0 Å². The van der Waals surface area contributed by atoms with Crippen LogP contribution in [0.2, 0.25) is 0 Å². The summed E-state index contributed by atoms with van der Waals surface area (Å²) in [4.78, 5) is 15.8. The number of para-hydroxylation sites is 3. The van der Waals surface area contributed by atoms with E-state index in [1.807, 2.05) is 0 Å². The summed E-state index contributed by atoms with van der Waals surface area (Å²) < 4.78 is 0. The highest BCUT2D eigenvalue weighted by atomic mass is 15.3. The van der Waals surface area contributed by atoms with Gasteiger partial charge in [-0.15, -0.1) is 0 Å². The topological polar surface area (TPSA) is 32.3 Å². The Kier molecular flexibility index (Phi) is 8.25. The van der Waals surface area contributed by atoms with Crippen molar-refractivity contribution in [3.63, 3.8) is 0 Å². The second kappa shape index (κ2) is 14.2. The van der Waals surface area contributed by atoms with Crippen molar-refractivity contribution in [1.29, 1.82) is 0 Å². The zero-order valence-corrected chi connectivity index (χ0v) is 31.7. The third-order valence-electron chi connectivity index (χ3n) is 11.6. The Hall–Kier alpha value is -7.56.